The monoisotopic (exact) mass is 356 g/mol. The molecule has 0 aliphatic rings. The first-order chi connectivity index (χ1) is 12.1. The molecular weight excluding hydrogens is 336 g/mol. The Morgan fingerprint density at radius 3 is 2.60 bits per heavy atom. The number of rotatable bonds is 6. The average Bonchev–Trinajstić information content (AvgIpc) is 3.23. The van der Waals surface area contributed by atoms with Crippen LogP contribution in [0.5, 0.6) is 0 Å². The number of aromatic nitrogens is 3. The number of amides is 1. The van der Waals surface area contributed by atoms with Gasteiger partial charge in [-0.1, -0.05) is 30.0 Å². The molecule has 0 saturated heterocycles. The molecule has 25 heavy (non-hydrogen) atoms. The van der Waals surface area contributed by atoms with Gasteiger partial charge in [-0.15, -0.1) is 10.2 Å². The molecule has 0 unspecified atom stereocenters. The number of furan rings is 1. The van der Waals surface area contributed by atoms with Crippen LogP contribution < -0.4 is 4.90 Å². The molecule has 130 valence electrons. The molecule has 1 aromatic carbocycles. The van der Waals surface area contributed by atoms with Crippen LogP contribution in [0.15, 0.2) is 58.3 Å². The Bertz CT molecular complexity index is 828. The number of nitrogens with zero attached hydrogens (tertiary/aromatic N) is 4. The number of carbonyl (C=O) groups excluding carboxylic acids is 1. The molecule has 2 aromatic heterocycles. The zero-order valence-electron chi connectivity index (χ0n) is 14.4. The normalized spacial score (nSPS) is 11.0. The Morgan fingerprint density at radius 2 is 1.96 bits per heavy atom. The highest BCUT2D eigenvalue weighted by atomic mass is 32.2. The number of para-hydroxylation sites is 1. The van der Waals surface area contributed by atoms with E-state index in [9.17, 15) is 4.79 Å². The Morgan fingerprint density at radius 1 is 1.20 bits per heavy atom. The van der Waals surface area contributed by atoms with Gasteiger partial charge in [0.25, 0.3) is 0 Å². The minimum Gasteiger partial charge on any atom is -0.461 e. The van der Waals surface area contributed by atoms with Crippen molar-refractivity contribution in [2.45, 2.75) is 25.0 Å². The molecular formula is C18H20N4O2S. The SMILES string of the molecule is CC(C)N(C(=O)CSc1nnc(-c2ccco2)n1C)c1ccccc1. The molecule has 0 fully saturated rings. The van der Waals surface area contributed by atoms with Crippen molar-refractivity contribution >= 4 is 23.4 Å². The highest BCUT2D eigenvalue weighted by Gasteiger charge is 2.21. The maximum atomic E-state index is 12.7. The first kappa shape index (κ1) is 17.3. The van der Waals surface area contributed by atoms with Gasteiger partial charge >= 0.3 is 0 Å². The van der Waals surface area contributed by atoms with Crippen molar-refractivity contribution < 1.29 is 9.21 Å². The standard InChI is InChI=1S/C18H20N4O2S/c1-13(2)22(14-8-5-4-6-9-14)16(23)12-25-18-20-19-17(21(18)3)15-10-7-11-24-15/h4-11,13H,12H2,1-3H3. The molecule has 0 radical (unpaired) electrons. The van der Waals surface area contributed by atoms with E-state index in [1.165, 1.54) is 11.8 Å². The fraction of sp³-hybridized carbons (Fsp3) is 0.278. The summed E-state index contributed by atoms with van der Waals surface area (Å²) < 4.78 is 7.19. The molecule has 0 atom stereocenters. The van der Waals surface area contributed by atoms with Gasteiger partial charge in [-0.2, -0.15) is 0 Å². The van der Waals surface area contributed by atoms with E-state index in [-0.39, 0.29) is 17.7 Å². The van der Waals surface area contributed by atoms with Crippen molar-refractivity contribution in [1.29, 1.82) is 0 Å². The summed E-state index contributed by atoms with van der Waals surface area (Å²) in [7, 11) is 1.86. The van der Waals surface area contributed by atoms with E-state index in [0.717, 1.165) is 5.69 Å². The van der Waals surface area contributed by atoms with Gasteiger partial charge in [-0.3, -0.25) is 4.79 Å². The number of anilines is 1. The van der Waals surface area contributed by atoms with E-state index in [4.69, 9.17) is 4.42 Å². The van der Waals surface area contributed by atoms with Crippen molar-refractivity contribution in [1.82, 2.24) is 14.8 Å². The Kier molecular flexibility index (Phi) is 5.23. The Balaban J connectivity index is 1.71. The van der Waals surface area contributed by atoms with Crippen LogP contribution in [0, 0.1) is 0 Å². The third kappa shape index (κ3) is 3.76. The van der Waals surface area contributed by atoms with Gasteiger partial charge in [0.05, 0.1) is 12.0 Å². The molecule has 1 amide bonds. The summed E-state index contributed by atoms with van der Waals surface area (Å²) in [5, 5.41) is 8.99. The summed E-state index contributed by atoms with van der Waals surface area (Å²) in [5.74, 6) is 1.62. The molecule has 3 rings (SSSR count). The van der Waals surface area contributed by atoms with E-state index < -0.39 is 0 Å². The van der Waals surface area contributed by atoms with Gasteiger partial charge in [0.15, 0.2) is 16.7 Å². The van der Waals surface area contributed by atoms with Crippen molar-refractivity contribution in [3.05, 3.63) is 48.7 Å². The molecule has 0 aliphatic heterocycles. The fourth-order valence-electron chi connectivity index (χ4n) is 2.58. The molecule has 6 nitrogen and oxygen atoms in total. The van der Waals surface area contributed by atoms with E-state index in [0.29, 0.717) is 16.7 Å². The van der Waals surface area contributed by atoms with Crippen LogP contribution in [0.1, 0.15) is 13.8 Å². The average molecular weight is 356 g/mol. The molecule has 7 heteroatoms. The van der Waals surface area contributed by atoms with Crippen molar-refractivity contribution in [2.75, 3.05) is 10.7 Å². The third-order valence-electron chi connectivity index (χ3n) is 3.72. The summed E-state index contributed by atoms with van der Waals surface area (Å²) in [6.45, 7) is 4.01. The fourth-order valence-corrected chi connectivity index (χ4v) is 3.35. The van der Waals surface area contributed by atoms with Gasteiger partial charge in [0.1, 0.15) is 0 Å². The lowest BCUT2D eigenvalue weighted by Gasteiger charge is -2.26. The van der Waals surface area contributed by atoms with Crippen LogP contribution in [0.4, 0.5) is 5.69 Å². The number of hydrogen-bond donors (Lipinski definition) is 0. The first-order valence-electron chi connectivity index (χ1n) is 8.01. The topological polar surface area (TPSA) is 64.2 Å². The van der Waals surface area contributed by atoms with Gasteiger partial charge in [0, 0.05) is 18.8 Å². The predicted octanol–water partition coefficient (Wildman–Crippen LogP) is 3.61. The van der Waals surface area contributed by atoms with Crippen LogP contribution in [0.25, 0.3) is 11.6 Å². The lowest BCUT2D eigenvalue weighted by atomic mass is 10.2. The Hall–Kier alpha value is -2.54. The zero-order valence-corrected chi connectivity index (χ0v) is 15.2. The lowest BCUT2D eigenvalue weighted by molar-refractivity contribution is -0.116. The number of carbonyl (C=O) groups is 1. The summed E-state index contributed by atoms with van der Waals surface area (Å²) in [6, 6.07) is 13.4. The molecule has 0 bridgehead atoms. The highest BCUT2D eigenvalue weighted by Crippen LogP contribution is 2.24. The van der Waals surface area contributed by atoms with Crippen molar-refractivity contribution in [2.24, 2.45) is 7.05 Å². The molecule has 0 N–H and O–H groups in total. The first-order valence-corrected chi connectivity index (χ1v) is 8.99. The summed E-state index contributed by atoms with van der Waals surface area (Å²) in [5.41, 5.74) is 0.900. The summed E-state index contributed by atoms with van der Waals surface area (Å²) in [6.07, 6.45) is 1.60. The van der Waals surface area contributed by atoms with Crippen LogP contribution in [0.3, 0.4) is 0 Å². The predicted molar refractivity (Wildman–Crippen MR) is 98.5 cm³/mol. The van der Waals surface area contributed by atoms with Gasteiger partial charge in [0.2, 0.25) is 5.91 Å². The van der Waals surface area contributed by atoms with Crippen LogP contribution >= 0.6 is 11.8 Å². The molecule has 2 heterocycles. The number of thioether (sulfide) groups is 1. The quantitative estimate of drug-likeness (QED) is 0.631. The minimum atomic E-state index is 0.0359. The second-order valence-corrected chi connectivity index (χ2v) is 6.77. The van der Waals surface area contributed by atoms with Crippen molar-refractivity contribution in [3.8, 4) is 11.6 Å². The third-order valence-corrected chi connectivity index (χ3v) is 4.73. The molecule has 0 saturated carbocycles. The zero-order chi connectivity index (χ0) is 17.8. The van der Waals surface area contributed by atoms with E-state index in [2.05, 4.69) is 10.2 Å². The smallest absolute Gasteiger partial charge is 0.237 e. The highest BCUT2D eigenvalue weighted by molar-refractivity contribution is 7.99. The van der Waals surface area contributed by atoms with Crippen LogP contribution in [-0.2, 0) is 11.8 Å². The minimum absolute atomic E-state index is 0.0359. The number of hydrogen-bond acceptors (Lipinski definition) is 5. The molecule has 0 aliphatic carbocycles. The lowest BCUT2D eigenvalue weighted by Crippen LogP contribution is -2.38. The molecule has 0 spiro atoms. The largest absolute Gasteiger partial charge is 0.461 e. The van der Waals surface area contributed by atoms with Crippen LogP contribution in [-0.4, -0.2) is 32.5 Å². The number of benzene rings is 1. The van der Waals surface area contributed by atoms with E-state index >= 15 is 0 Å². The summed E-state index contributed by atoms with van der Waals surface area (Å²) in [4.78, 5) is 14.5. The van der Waals surface area contributed by atoms with Gasteiger partial charge < -0.3 is 13.9 Å². The summed E-state index contributed by atoms with van der Waals surface area (Å²) >= 11 is 1.37. The van der Waals surface area contributed by atoms with Gasteiger partial charge in [-0.25, -0.2) is 0 Å². The maximum Gasteiger partial charge on any atom is 0.237 e. The Labute approximate surface area is 150 Å². The van der Waals surface area contributed by atoms with Crippen LogP contribution in [0.2, 0.25) is 0 Å². The van der Waals surface area contributed by atoms with E-state index in [1.807, 2.05) is 61.9 Å². The maximum absolute atomic E-state index is 12.7. The second-order valence-electron chi connectivity index (χ2n) is 5.82. The van der Waals surface area contributed by atoms with Gasteiger partial charge in [-0.05, 0) is 38.1 Å². The van der Waals surface area contributed by atoms with E-state index in [1.54, 1.807) is 17.2 Å². The van der Waals surface area contributed by atoms with Crippen molar-refractivity contribution in [3.63, 3.8) is 0 Å². The second kappa shape index (κ2) is 7.57. The molecule has 3 aromatic rings.